The van der Waals surface area contributed by atoms with Gasteiger partial charge in [-0.2, -0.15) is 0 Å². The number of hydrogen-bond donors (Lipinski definition) is 0. The third-order valence-electron chi connectivity index (χ3n) is 3.90. The highest BCUT2D eigenvalue weighted by molar-refractivity contribution is 5.70. The van der Waals surface area contributed by atoms with E-state index in [-0.39, 0.29) is 5.41 Å². The lowest BCUT2D eigenvalue weighted by atomic mass is 9.59. The van der Waals surface area contributed by atoms with Gasteiger partial charge in [0.15, 0.2) is 0 Å². The topological polar surface area (TPSA) is 21.6 Å². The molecule has 0 heterocycles. The lowest BCUT2D eigenvalue weighted by Crippen LogP contribution is -2.41. The zero-order chi connectivity index (χ0) is 10.3. The molecule has 0 aromatic heterocycles. The molecule has 0 amide bonds. The predicted octanol–water partition coefficient (Wildman–Crippen LogP) is 2.51. The third kappa shape index (κ3) is 1.13. The molecule has 0 aliphatic heterocycles. The second-order valence-corrected chi connectivity index (χ2v) is 4.85. The van der Waals surface area contributed by atoms with E-state index in [0.29, 0.717) is 5.92 Å². The first-order valence-corrected chi connectivity index (χ1v) is 5.32. The van der Waals surface area contributed by atoms with Gasteiger partial charge in [0.05, 0.1) is 12.9 Å². The Kier molecular flexibility index (Phi) is 2.17. The van der Waals surface area contributed by atoms with Crippen LogP contribution in [0.2, 0.25) is 0 Å². The zero-order valence-electron chi connectivity index (χ0n) is 9.45. The van der Waals surface area contributed by atoms with Crippen LogP contribution in [0.3, 0.4) is 0 Å². The number of aliphatic imine (C=N–C) groups is 1. The van der Waals surface area contributed by atoms with Crippen LogP contribution in [0.5, 0.6) is 0 Å². The molecule has 0 N–H and O–H groups in total. The van der Waals surface area contributed by atoms with Crippen LogP contribution >= 0.6 is 0 Å². The van der Waals surface area contributed by atoms with Gasteiger partial charge in [0.1, 0.15) is 0 Å². The molecule has 0 saturated heterocycles. The maximum absolute atomic E-state index is 5.46. The van der Waals surface area contributed by atoms with Crippen molar-refractivity contribution in [2.45, 2.75) is 20.3 Å². The number of rotatable bonds is 2. The summed E-state index contributed by atoms with van der Waals surface area (Å²) in [7, 11) is 3.63. The molecule has 4 atom stereocenters. The van der Waals surface area contributed by atoms with E-state index in [1.165, 1.54) is 12.2 Å². The van der Waals surface area contributed by atoms with Crippen LogP contribution in [-0.2, 0) is 4.74 Å². The van der Waals surface area contributed by atoms with Gasteiger partial charge in [0.2, 0.25) is 0 Å². The van der Waals surface area contributed by atoms with Gasteiger partial charge in [-0.05, 0) is 24.3 Å². The van der Waals surface area contributed by atoms with Crippen LogP contribution in [0.25, 0.3) is 0 Å². The van der Waals surface area contributed by atoms with E-state index in [2.05, 4.69) is 31.1 Å². The molecule has 0 radical (unpaired) electrons. The number of fused-ring (bicyclic) bond motifs is 1. The van der Waals surface area contributed by atoms with E-state index in [9.17, 15) is 0 Å². The van der Waals surface area contributed by atoms with Gasteiger partial charge in [0, 0.05) is 24.6 Å². The smallest absolute Gasteiger partial charge is 0.0961 e. The van der Waals surface area contributed by atoms with Crippen LogP contribution in [-0.4, -0.2) is 20.4 Å². The van der Waals surface area contributed by atoms with Crippen LogP contribution in [0.1, 0.15) is 20.3 Å². The number of ether oxygens (including phenoxy) is 1. The number of nitrogens with zero attached hydrogens (tertiary/aromatic N) is 1. The summed E-state index contributed by atoms with van der Waals surface area (Å²) in [6.07, 6.45) is 5.64. The van der Waals surface area contributed by atoms with E-state index in [1.807, 2.05) is 7.05 Å². The molecule has 1 fully saturated rings. The minimum Gasteiger partial charge on any atom is -0.501 e. The van der Waals surface area contributed by atoms with Crippen LogP contribution < -0.4 is 0 Å². The Morgan fingerprint density at radius 1 is 1.64 bits per heavy atom. The van der Waals surface area contributed by atoms with Gasteiger partial charge >= 0.3 is 0 Å². The number of methoxy groups -OCH3 is 1. The summed E-state index contributed by atoms with van der Waals surface area (Å²) in [5, 5.41) is 0. The van der Waals surface area contributed by atoms with Crippen molar-refractivity contribution in [1.29, 1.82) is 0 Å². The van der Waals surface area contributed by atoms with E-state index in [4.69, 9.17) is 4.74 Å². The molecule has 4 unspecified atom stereocenters. The van der Waals surface area contributed by atoms with Gasteiger partial charge in [-0.25, -0.2) is 0 Å². The summed E-state index contributed by atoms with van der Waals surface area (Å²) < 4.78 is 5.46. The summed E-state index contributed by atoms with van der Waals surface area (Å²) in [4.78, 5) is 4.18. The van der Waals surface area contributed by atoms with Crippen molar-refractivity contribution < 1.29 is 4.74 Å². The van der Waals surface area contributed by atoms with Gasteiger partial charge in [-0.15, -0.1) is 0 Å². The molecule has 2 aliphatic carbocycles. The average molecular weight is 193 g/mol. The Labute approximate surface area is 86.1 Å². The molecular formula is C12H19NO. The van der Waals surface area contributed by atoms with Crippen molar-refractivity contribution in [3.8, 4) is 0 Å². The van der Waals surface area contributed by atoms with Gasteiger partial charge in [-0.3, -0.25) is 4.99 Å². The van der Waals surface area contributed by atoms with Crippen molar-refractivity contribution in [2.75, 3.05) is 14.2 Å². The Bertz CT molecular complexity index is 295. The molecule has 78 valence electrons. The average Bonchev–Trinajstić information content (AvgIpc) is 2.34. The SMILES string of the molecule is CN=CC1(C)C=C(OC)C2C(C)CC21. The molecule has 0 spiro atoms. The standard InChI is InChI=1S/C12H19NO/c1-8-5-9-11(8)10(14-4)6-12(9,2)7-13-3/h6-9,11H,5H2,1-4H3. The highest BCUT2D eigenvalue weighted by Gasteiger charge is 2.54. The highest BCUT2D eigenvalue weighted by Crippen LogP contribution is 2.58. The Balaban J connectivity index is 2.28. The van der Waals surface area contributed by atoms with E-state index in [1.54, 1.807) is 7.11 Å². The van der Waals surface area contributed by atoms with E-state index < -0.39 is 0 Å². The van der Waals surface area contributed by atoms with E-state index in [0.717, 1.165) is 11.8 Å². The second kappa shape index (κ2) is 3.11. The summed E-state index contributed by atoms with van der Waals surface area (Å²) in [5.41, 5.74) is 0.136. The summed E-state index contributed by atoms with van der Waals surface area (Å²) in [6, 6.07) is 0. The molecule has 0 aromatic carbocycles. The third-order valence-corrected chi connectivity index (χ3v) is 3.90. The maximum atomic E-state index is 5.46. The first-order valence-electron chi connectivity index (χ1n) is 5.32. The summed E-state index contributed by atoms with van der Waals surface area (Å²) in [6.45, 7) is 4.57. The van der Waals surface area contributed by atoms with Gasteiger partial charge < -0.3 is 4.74 Å². The predicted molar refractivity (Wildman–Crippen MR) is 58.4 cm³/mol. The zero-order valence-corrected chi connectivity index (χ0v) is 9.45. The normalized spacial score (nSPS) is 46.0. The number of hydrogen-bond acceptors (Lipinski definition) is 2. The van der Waals surface area contributed by atoms with Crippen LogP contribution in [0, 0.1) is 23.2 Å². The van der Waals surface area contributed by atoms with Gasteiger partial charge in [-0.1, -0.05) is 13.8 Å². The molecule has 14 heavy (non-hydrogen) atoms. The first-order chi connectivity index (χ1) is 6.62. The van der Waals surface area contributed by atoms with E-state index >= 15 is 0 Å². The number of allylic oxidation sites excluding steroid dienone is 2. The van der Waals surface area contributed by atoms with Gasteiger partial charge in [0.25, 0.3) is 0 Å². The lowest BCUT2D eigenvalue weighted by Gasteiger charge is -2.44. The quantitative estimate of drug-likeness (QED) is 0.617. The van der Waals surface area contributed by atoms with Crippen molar-refractivity contribution in [1.82, 2.24) is 0 Å². The largest absolute Gasteiger partial charge is 0.501 e. The van der Waals surface area contributed by atoms with Crippen molar-refractivity contribution >= 4 is 6.21 Å². The molecular weight excluding hydrogens is 174 g/mol. The monoisotopic (exact) mass is 193 g/mol. The Morgan fingerprint density at radius 3 is 2.79 bits per heavy atom. The molecule has 0 aromatic rings. The molecule has 2 nitrogen and oxygen atoms in total. The van der Waals surface area contributed by atoms with Crippen molar-refractivity contribution in [2.24, 2.45) is 28.2 Å². The van der Waals surface area contributed by atoms with Crippen molar-refractivity contribution in [3.05, 3.63) is 11.8 Å². The molecule has 2 heteroatoms. The lowest BCUT2D eigenvalue weighted by molar-refractivity contribution is 0.0515. The van der Waals surface area contributed by atoms with Crippen molar-refractivity contribution in [3.63, 3.8) is 0 Å². The Hall–Kier alpha value is -0.790. The minimum absolute atomic E-state index is 0.136. The maximum Gasteiger partial charge on any atom is 0.0961 e. The fraction of sp³-hybridized carbons (Fsp3) is 0.750. The Morgan fingerprint density at radius 2 is 2.36 bits per heavy atom. The fourth-order valence-corrected chi connectivity index (χ4v) is 3.13. The highest BCUT2D eigenvalue weighted by atomic mass is 16.5. The summed E-state index contributed by atoms with van der Waals surface area (Å²) >= 11 is 0. The summed E-state index contributed by atoms with van der Waals surface area (Å²) in [5.74, 6) is 3.31. The van der Waals surface area contributed by atoms with Crippen LogP contribution in [0.4, 0.5) is 0 Å². The molecule has 1 saturated carbocycles. The molecule has 2 aliphatic rings. The molecule has 2 rings (SSSR count). The minimum atomic E-state index is 0.136. The van der Waals surface area contributed by atoms with Crippen LogP contribution in [0.15, 0.2) is 16.8 Å². The fourth-order valence-electron chi connectivity index (χ4n) is 3.13. The second-order valence-electron chi connectivity index (χ2n) is 4.85. The molecule has 0 bridgehead atoms. The first kappa shape index (κ1) is 9.75.